The van der Waals surface area contributed by atoms with Crippen LogP contribution in [0.25, 0.3) is 0 Å². The third-order valence-electron chi connectivity index (χ3n) is 3.37. The molecule has 1 saturated heterocycles. The Hall–Kier alpha value is -1.75. The van der Waals surface area contributed by atoms with Gasteiger partial charge in [0, 0.05) is 19.6 Å². The molecule has 2 rings (SSSR count). The number of amides is 1. The molecule has 19 heavy (non-hydrogen) atoms. The summed E-state index contributed by atoms with van der Waals surface area (Å²) < 4.78 is 5.42. The molecule has 104 valence electrons. The molecule has 0 radical (unpaired) electrons. The fourth-order valence-electron chi connectivity index (χ4n) is 2.42. The van der Waals surface area contributed by atoms with Crippen LogP contribution in [-0.2, 0) is 4.79 Å². The number of likely N-dealkylation sites (N-methyl/N-ethyl adjacent to an activating group) is 1. The molecule has 2 N–H and O–H groups in total. The fraction of sp³-hybridized carbons (Fsp3) is 0.500. The number of carbonyl (C=O) groups is 1. The minimum atomic E-state index is -0.200. The quantitative estimate of drug-likeness (QED) is 0.832. The first-order chi connectivity index (χ1) is 9.17. The lowest BCUT2D eigenvalue weighted by Gasteiger charge is -2.37. The summed E-state index contributed by atoms with van der Waals surface area (Å²) in [6, 6.07) is 5.84. The topological polar surface area (TPSA) is 53.6 Å². The molecule has 0 aliphatic carbocycles. The molecule has 1 aromatic rings. The Balaban J connectivity index is 2.36. The van der Waals surface area contributed by atoms with Crippen molar-refractivity contribution in [2.45, 2.75) is 13.0 Å². The number of carbonyl (C=O) groups excluding carboxylic acids is 1. The Morgan fingerprint density at radius 3 is 3.00 bits per heavy atom. The molecule has 1 atom stereocenters. The molecule has 1 aromatic carbocycles. The fourth-order valence-corrected chi connectivity index (χ4v) is 2.42. The van der Waals surface area contributed by atoms with Crippen LogP contribution in [0.15, 0.2) is 18.2 Å². The van der Waals surface area contributed by atoms with Crippen molar-refractivity contribution in [2.24, 2.45) is 0 Å². The van der Waals surface area contributed by atoms with Gasteiger partial charge in [-0.3, -0.25) is 4.79 Å². The number of piperazine rings is 1. The van der Waals surface area contributed by atoms with E-state index in [1.54, 1.807) is 7.11 Å². The van der Waals surface area contributed by atoms with Gasteiger partial charge in [-0.1, -0.05) is 6.07 Å². The van der Waals surface area contributed by atoms with Crippen LogP contribution in [-0.4, -0.2) is 45.7 Å². The van der Waals surface area contributed by atoms with Crippen LogP contribution < -0.4 is 20.3 Å². The standard InChI is InChI=1S/C14H21N3O2/c1-10-4-5-13(19-3)11(8-10)17-7-6-16-14(18)12(17)9-15-2/h4-5,8,12,15H,6-7,9H2,1-3H3,(H,16,18). The number of nitrogens with one attached hydrogen (secondary N) is 2. The number of hydrogen-bond acceptors (Lipinski definition) is 4. The maximum atomic E-state index is 12.0. The van der Waals surface area contributed by atoms with Gasteiger partial charge in [0.1, 0.15) is 11.8 Å². The summed E-state index contributed by atoms with van der Waals surface area (Å²) in [5, 5.41) is 5.98. The van der Waals surface area contributed by atoms with Gasteiger partial charge in [0.15, 0.2) is 0 Å². The van der Waals surface area contributed by atoms with Crippen molar-refractivity contribution in [3.8, 4) is 5.75 Å². The van der Waals surface area contributed by atoms with E-state index in [4.69, 9.17) is 4.74 Å². The summed E-state index contributed by atoms with van der Waals surface area (Å²) in [5.74, 6) is 0.866. The normalized spacial score (nSPS) is 19.2. The zero-order valence-corrected chi connectivity index (χ0v) is 11.7. The molecule has 1 unspecified atom stereocenters. The predicted molar refractivity (Wildman–Crippen MR) is 75.8 cm³/mol. The van der Waals surface area contributed by atoms with E-state index in [1.807, 2.05) is 26.1 Å². The lowest BCUT2D eigenvalue weighted by atomic mass is 10.1. The van der Waals surface area contributed by atoms with Gasteiger partial charge < -0.3 is 20.3 Å². The van der Waals surface area contributed by atoms with Gasteiger partial charge in [0.25, 0.3) is 0 Å². The largest absolute Gasteiger partial charge is 0.495 e. The second kappa shape index (κ2) is 5.93. The second-order valence-electron chi connectivity index (χ2n) is 4.73. The molecule has 1 amide bonds. The lowest BCUT2D eigenvalue weighted by molar-refractivity contribution is -0.123. The van der Waals surface area contributed by atoms with Crippen molar-refractivity contribution in [1.29, 1.82) is 0 Å². The van der Waals surface area contributed by atoms with Crippen LogP contribution in [0.4, 0.5) is 5.69 Å². The number of rotatable bonds is 4. The van der Waals surface area contributed by atoms with E-state index in [0.29, 0.717) is 13.1 Å². The number of ether oxygens (including phenoxy) is 1. The first-order valence-electron chi connectivity index (χ1n) is 6.51. The van der Waals surface area contributed by atoms with Gasteiger partial charge in [-0.05, 0) is 31.7 Å². The molecule has 1 heterocycles. The average Bonchev–Trinajstić information content (AvgIpc) is 2.41. The van der Waals surface area contributed by atoms with Gasteiger partial charge in [0.2, 0.25) is 5.91 Å². The van der Waals surface area contributed by atoms with Gasteiger partial charge in [0.05, 0.1) is 12.8 Å². The number of benzene rings is 1. The number of methoxy groups -OCH3 is 1. The van der Waals surface area contributed by atoms with E-state index in [9.17, 15) is 4.79 Å². The van der Waals surface area contributed by atoms with Crippen LogP contribution in [0.5, 0.6) is 5.75 Å². The third kappa shape index (κ3) is 2.81. The van der Waals surface area contributed by atoms with Crippen molar-refractivity contribution in [1.82, 2.24) is 10.6 Å². The Kier molecular flexibility index (Phi) is 4.27. The van der Waals surface area contributed by atoms with E-state index in [1.165, 1.54) is 0 Å². The van der Waals surface area contributed by atoms with Crippen LogP contribution in [0.1, 0.15) is 5.56 Å². The average molecular weight is 263 g/mol. The number of nitrogens with zero attached hydrogens (tertiary/aromatic N) is 1. The summed E-state index contributed by atoms with van der Waals surface area (Å²) >= 11 is 0. The molecule has 0 aromatic heterocycles. The first-order valence-corrected chi connectivity index (χ1v) is 6.51. The molecule has 0 spiro atoms. The summed E-state index contributed by atoms with van der Waals surface area (Å²) in [5.41, 5.74) is 2.14. The predicted octanol–water partition coefficient (Wildman–Crippen LogP) is 0.528. The van der Waals surface area contributed by atoms with Crippen molar-refractivity contribution >= 4 is 11.6 Å². The van der Waals surface area contributed by atoms with Crippen LogP contribution in [0.2, 0.25) is 0 Å². The zero-order valence-electron chi connectivity index (χ0n) is 11.7. The molecule has 5 heteroatoms. The Labute approximate surface area is 113 Å². The lowest BCUT2D eigenvalue weighted by Crippen LogP contribution is -2.58. The summed E-state index contributed by atoms with van der Waals surface area (Å²) in [4.78, 5) is 14.1. The second-order valence-corrected chi connectivity index (χ2v) is 4.73. The SMILES string of the molecule is CNCC1C(=O)NCCN1c1cc(C)ccc1OC. The maximum Gasteiger partial charge on any atom is 0.244 e. The molecule has 1 aliphatic rings. The van der Waals surface area contributed by atoms with Crippen molar-refractivity contribution in [3.63, 3.8) is 0 Å². The van der Waals surface area contributed by atoms with E-state index in [-0.39, 0.29) is 11.9 Å². The zero-order chi connectivity index (χ0) is 13.8. The van der Waals surface area contributed by atoms with E-state index < -0.39 is 0 Å². The monoisotopic (exact) mass is 263 g/mol. The van der Waals surface area contributed by atoms with E-state index in [0.717, 1.165) is 23.5 Å². The summed E-state index contributed by atoms with van der Waals surface area (Å²) in [6.07, 6.45) is 0. The molecular weight excluding hydrogens is 242 g/mol. The molecule has 1 aliphatic heterocycles. The van der Waals surface area contributed by atoms with E-state index >= 15 is 0 Å². The highest BCUT2D eigenvalue weighted by molar-refractivity contribution is 5.87. The number of hydrogen-bond donors (Lipinski definition) is 2. The molecule has 5 nitrogen and oxygen atoms in total. The molecule has 1 fully saturated rings. The van der Waals surface area contributed by atoms with Crippen LogP contribution >= 0.6 is 0 Å². The number of anilines is 1. The minimum Gasteiger partial charge on any atom is -0.495 e. The molecule has 0 saturated carbocycles. The van der Waals surface area contributed by atoms with Gasteiger partial charge in [-0.15, -0.1) is 0 Å². The van der Waals surface area contributed by atoms with Crippen LogP contribution in [0, 0.1) is 6.92 Å². The highest BCUT2D eigenvalue weighted by Crippen LogP contribution is 2.31. The smallest absolute Gasteiger partial charge is 0.244 e. The molecule has 0 bridgehead atoms. The van der Waals surface area contributed by atoms with Crippen LogP contribution in [0.3, 0.4) is 0 Å². The van der Waals surface area contributed by atoms with Crippen molar-refractivity contribution in [2.75, 3.05) is 38.7 Å². The molecular formula is C14H21N3O2. The highest BCUT2D eigenvalue weighted by Gasteiger charge is 2.30. The highest BCUT2D eigenvalue weighted by atomic mass is 16.5. The minimum absolute atomic E-state index is 0.0594. The Bertz CT molecular complexity index is 462. The maximum absolute atomic E-state index is 12.0. The Morgan fingerprint density at radius 2 is 2.32 bits per heavy atom. The number of aryl methyl sites for hydroxylation is 1. The van der Waals surface area contributed by atoms with Crippen molar-refractivity contribution in [3.05, 3.63) is 23.8 Å². The third-order valence-corrected chi connectivity index (χ3v) is 3.37. The van der Waals surface area contributed by atoms with Gasteiger partial charge >= 0.3 is 0 Å². The van der Waals surface area contributed by atoms with E-state index in [2.05, 4.69) is 21.6 Å². The Morgan fingerprint density at radius 1 is 1.53 bits per heavy atom. The summed E-state index contributed by atoms with van der Waals surface area (Å²) in [6.45, 7) is 4.11. The first kappa shape index (κ1) is 13.7. The van der Waals surface area contributed by atoms with Crippen molar-refractivity contribution < 1.29 is 9.53 Å². The van der Waals surface area contributed by atoms with Gasteiger partial charge in [-0.2, -0.15) is 0 Å². The van der Waals surface area contributed by atoms with Gasteiger partial charge in [-0.25, -0.2) is 0 Å². The summed E-state index contributed by atoms with van der Waals surface area (Å²) in [7, 11) is 3.51.